The maximum Gasteiger partial charge on any atom is 0.102 e. The Bertz CT molecular complexity index is 163. The van der Waals surface area contributed by atoms with Crippen LogP contribution in [0.3, 0.4) is 0 Å². The first-order valence-corrected chi connectivity index (χ1v) is 3.95. The van der Waals surface area contributed by atoms with Gasteiger partial charge in [0.15, 0.2) is 0 Å². The van der Waals surface area contributed by atoms with Crippen LogP contribution < -0.4 is 12.4 Å². The first kappa shape index (κ1) is 10.7. The molecular formula is C9H16ClN. The number of hydrogen-bond acceptors (Lipinski definition) is 0. The second-order valence-corrected chi connectivity index (χ2v) is 3.16. The molecule has 0 fully saturated rings. The summed E-state index contributed by atoms with van der Waals surface area (Å²) in [5, 5.41) is 0. The van der Waals surface area contributed by atoms with Crippen LogP contribution in [0.25, 0.3) is 0 Å². The summed E-state index contributed by atoms with van der Waals surface area (Å²) in [7, 11) is 2.27. The molecule has 0 radical (unpaired) electrons. The van der Waals surface area contributed by atoms with Gasteiger partial charge in [-0.15, -0.1) is 0 Å². The van der Waals surface area contributed by atoms with Crippen LogP contribution in [0.1, 0.15) is 13.3 Å². The van der Waals surface area contributed by atoms with Crippen LogP contribution in [0, 0.1) is 0 Å². The van der Waals surface area contributed by atoms with Crippen molar-refractivity contribution in [3.8, 4) is 0 Å². The predicted octanol–water partition coefficient (Wildman–Crippen LogP) is -1.07. The predicted molar refractivity (Wildman–Crippen MR) is 44.5 cm³/mol. The third-order valence-electron chi connectivity index (χ3n) is 1.95. The number of allylic oxidation sites excluding steroid dienone is 2. The van der Waals surface area contributed by atoms with Gasteiger partial charge in [0.25, 0.3) is 0 Å². The Hall–Kier alpha value is -0.270. The van der Waals surface area contributed by atoms with Gasteiger partial charge in [-0.3, -0.25) is 4.48 Å². The number of likely N-dealkylation sites (N-methyl/N-ethyl adjacent to an activating group) is 1. The van der Waals surface area contributed by atoms with Crippen molar-refractivity contribution >= 4 is 0 Å². The highest BCUT2D eigenvalue weighted by Crippen LogP contribution is 2.09. The second kappa shape index (κ2) is 4.58. The van der Waals surface area contributed by atoms with Gasteiger partial charge in [-0.2, -0.15) is 0 Å². The van der Waals surface area contributed by atoms with Crippen molar-refractivity contribution < 1.29 is 16.9 Å². The van der Waals surface area contributed by atoms with Crippen molar-refractivity contribution in [2.24, 2.45) is 0 Å². The number of halogens is 1. The SMILES string of the molecule is CCC[N+]1(C)C=CC=CC1.[Cl-]. The van der Waals surface area contributed by atoms with E-state index < -0.39 is 0 Å². The fraction of sp³-hybridized carbons (Fsp3) is 0.556. The summed E-state index contributed by atoms with van der Waals surface area (Å²) in [5.74, 6) is 0. The minimum Gasteiger partial charge on any atom is -1.00 e. The van der Waals surface area contributed by atoms with Crippen molar-refractivity contribution in [2.45, 2.75) is 13.3 Å². The molecule has 0 aromatic heterocycles. The molecule has 0 spiro atoms. The van der Waals surface area contributed by atoms with Gasteiger partial charge in [0.2, 0.25) is 0 Å². The van der Waals surface area contributed by atoms with E-state index in [1.807, 2.05) is 0 Å². The van der Waals surface area contributed by atoms with Crippen LogP contribution in [0.2, 0.25) is 0 Å². The summed E-state index contributed by atoms with van der Waals surface area (Å²) < 4.78 is 1.08. The minimum atomic E-state index is 0. The van der Waals surface area contributed by atoms with Crippen LogP contribution in [0.5, 0.6) is 0 Å². The number of quaternary nitrogens is 1. The number of nitrogens with zero attached hydrogens (tertiary/aromatic N) is 1. The van der Waals surface area contributed by atoms with Gasteiger partial charge in [-0.25, -0.2) is 0 Å². The van der Waals surface area contributed by atoms with Crippen LogP contribution in [-0.2, 0) is 0 Å². The van der Waals surface area contributed by atoms with E-state index in [9.17, 15) is 0 Å². The van der Waals surface area contributed by atoms with Gasteiger partial charge in [-0.1, -0.05) is 13.0 Å². The summed E-state index contributed by atoms with van der Waals surface area (Å²) in [6, 6.07) is 0. The van der Waals surface area contributed by atoms with Crippen molar-refractivity contribution in [2.75, 3.05) is 20.1 Å². The van der Waals surface area contributed by atoms with Crippen LogP contribution in [-0.4, -0.2) is 24.6 Å². The molecule has 0 aliphatic carbocycles. The van der Waals surface area contributed by atoms with Crippen molar-refractivity contribution in [3.63, 3.8) is 0 Å². The van der Waals surface area contributed by atoms with Gasteiger partial charge < -0.3 is 12.4 Å². The maximum absolute atomic E-state index is 2.27. The Balaban J connectivity index is 0.000001000. The lowest BCUT2D eigenvalue weighted by Crippen LogP contribution is -3.00. The Labute approximate surface area is 75.4 Å². The largest absolute Gasteiger partial charge is 1.00 e. The highest BCUT2D eigenvalue weighted by atomic mass is 35.5. The van der Waals surface area contributed by atoms with Gasteiger partial charge in [0.1, 0.15) is 6.54 Å². The summed E-state index contributed by atoms with van der Waals surface area (Å²) in [6.45, 7) is 4.64. The van der Waals surface area contributed by atoms with E-state index in [0.717, 1.165) is 11.0 Å². The van der Waals surface area contributed by atoms with Crippen molar-refractivity contribution in [3.05, 3.63) is 24.4 Å². The Morgan fingerprint density at radius 3 is 2.55 bits per heavy atom. The molecule has 64 valence electrons. The monoisotopic (exact) mass is 173 g/mol. The average molecular weight is 174 g/mol. The topological polar surface area (TPSA) is 0 Å². The molecule has 0 aromatic rings. The van der Waals surface area contributed by atoms with Crippen LogP contribution >= 0.6 is 0 Å². The fourth-order valence-corrected chi connectivity index (χ4v) is 1.38. The molecule has 11 heavy (non-hydrogen) atoms. The standard InChI is InChI=1S/C9H16N.ClH/c1-3-7-10(2)8-5-4-6-9-10;/h4-6,8H,3,7,9H2,1-2H3;1H/q+1;/p-1. The van der Waals surface area contributed by atoms with E-state index in [1.165, 1.54) is 13.0 Å². The first-order valence-electron chi connectivity index (χ1n) is 3.95. The van der Waals surface area contributed by atoms with Gasteiger partial charge in [0.05, 0.1) is 19.8 Å². The minimum absolute atomic E-state index is 0. The zero-order valence-electron chi connectivity index (χ0n) is 7.26. The smallest absolute Gasteiger partial charge is 0.102 e. The highest BCUT2D eigenvalue weighted by Gasteiger charge is 2.15. The average Bonchev–Trinajstić information content (AvgIpc) is 1.89. The molecule has 0 N–H and O–H groups in total. The van der Waals surface area contributed by atoms with Gasteiger partial charge in [-0.05, 0) is 18.6 Å². The molecule has 1 heterocycles. The van der Waals surface area contributed by atoms with E-state index in [4.69, 9.17) is 0 Å². The Kier molecular flexibility index (Phi) is 4.46. The first-order chi connectivity index (χ1) is 4.77. The summed E-state index contributed by atoms with van der Waals surface area (Å²) >= 11 is 0. The number of rotatable bonds is 2. The molecule has 0 aromatic carbocycles. The normalized spacial score (nSPS) is 28.2. The Morgan fingerprint density at radius 1 is 1.36 bits per heavy atom. The van der Waals surface area contributed by atoms with E-state index in [2.05, 4.69) is 38.4 Å². The van der Waals surface area contributed by atoms with Crippen molar-refractivity contribution in [1.82, 2.24) is 0 Å². The number of hydrogen-bond donors (Lipinski definition) is 0. The van der Waals surface area contributed by atoms with E-state index in [1.54, 1.807) is 0 Å². The lowest BCUT2D eigenvalue weighted by atomic mass is 10.3. The van der Waals surface area contributed by atoms with E-state index in [0.29, 0.717) is 0 Å². The van der Waals surface area contributed by atoms with Gasteiger partial charge in [0, 0.05) is 0 Å². The third-order valence-corrected chi connectivity index (χ3v) is 1.95. The highest BCUT2D eigenvalue weighted by molar-refractivity contribution is 5.03. The lowest BCUT2D eigenvalue weighted by Gasteiger charge is -2.29. The second-order valence-electron chi connectivity index (χ2n) is 3.16. The molecule has 1 atom stereocenters. The van der Waals surface area contributed by atoms with Crippen LogP contribution in [0.15, 0.2) is 24.4 Å². The van der Waals surface area contributed by atoms with Crippen molar-refractivity contribution in [1.29, 1.82) is 0 Å². The maximum atomic E-state index is 2.27. The molecule has 1 rings (SSSR count). The molecule has 0 saturated carbocycles. The van der Waals surface area contributed by atoms with Crippen LogP contribution in [0.4, 0.5) is 0 Å². The Morgan fingerprint density at radius 2 is 2.09 bits per heavy atom. The molecule has 1 aliphatic rings. The van der Waals surface area contributed by atoms with E-state index in [-0.39, 0.29) is 12.4 Å². The molecule has 1 nitrogen and oxygen atoms in total. The molecule has 0 amide bonds. The van der Waals surface area contributed by atoms with E-state index >= 15 is 0 Å². The molecule has 1 aliphatic heterocycles. The summed E-state index contributed by atoms with van der Waals surface area (Å²) in [4.78, 5) is 0. The molecular weight excluding hydrogens is 158 g/mol. The molecule has 1 unspecified atom stereocenters. The lowest BCUT2D eigenvalue weighted by molar-refractivity contribution is -0.854. The zero-order chi connectivity index (χ0) is 7.45. The summed E-state index contributed by atoms with van der Waals surface area (Å²) in [6.07, 6.45) is 10.0. The third kappa shape index (κ3) is 3.08. The fourth-order valence-electron chi connectivity index (χ4n) is 1.38. The zero-order valence-corrected chi connectivity index (χ0v) is 8.01. The van der Waals surface area contributed by atoms with Gasteiger partial charge >= 0.3 is 0 Å². The summed E-state index contributed by atoms with van der Waals surface area (Å²) in [5.41, 5.74) is 0. The quantitative estimate of drug-likeness (QED) is 0.467. The molecule has 2 heteroatoms. The molecule has 0 bridgehead atoms. The molecule has 0 saturated heterocycles.